The van der Waals surface area contributed by atoms with Crippen LogP contribution in [0.2, 0.25) is 0 Å². The maximum Gasteiger partial charge on any atom is 0.114 e. The predicted molar refractivity (Wildman–Crippen MR) is 70.2 cm³/mol. The van der Waals surface area contributed by atoms with Crippen molar-refractivity contribution in [2.45, 2.75) is 39.3 Å². The van der Waals surface area contributed by atoms with E-state index < -0.39 is 0 Å². The van der Waals surface area contributed by atoms with Crippen LogP contribution in [0.1, 0.15) is 37.9 Å². The van der Waals surface area contributed by atoms with Crippen LogP contribution in [0.15, 0.2) is 30.7 Å². The van der Waals surface area contributed by atoms with Gasteiger partial charge in [-0.2, -0.15) is 0 Å². The molecule has 1 N–H and O–H groups in total. The van der Waals surface area contributed by atoms with Crippen molar-refractivity contribution in [2.75, 3.05) is 0 Å². The van der Waals surface area contributed by atoms with Gasteiger partial charge in [0, 0.05) is 24.0 Å². The van der Waals surface area contributed by atoms with Gasteiger partial charge in [0.2, 0.25) is 0 Å². The second-order valence-electron chi connectivity index (χ2n) is 5.44. The van der Waals surface area contributed by atoms with Crippen molar-refractivity contribution in [3.63, 3.8) is 0 Å². The quantitative estimate of drug-likeness (QED) is 0.901. The molecule has 2 rings (SSSR count). The average Bonchev–Trinajstić information content (AvgIpc) is 2.77. The summed E-state index contributed by atoms with van der Waals surface area (Å²) in [6, 6.07) is 3.74. The van der Waals surface area contributed by atoms with E-state index >= 15 is 0 Å². The van der Waals surface area contributed by atoms with E-state index in [1.165, 1.54) is 0 Å². The summed E-state index contributed by atoms with van der Waals surface area (Å²) in [4.78, 5) is 8.74. The highest BCUT2D eigenvalue weighted by molar-refractivity contribution is 5.17. The molecular weight excluding hydrogens is 226 g/mol. The highest BCUT2D eigenvalue weighted by Crippen LogP contribution is 2.20. The molecule has 0 saturated carbocycles. The van der Waals surface area contributed by atoms with Crippen molar-refractivity contribution in [1.29, 1.82) is 0 Å². The summed E-state index contributed by atoms with van der Waals surface area (Å²) in [7, 11) is 0. The Labute approximate surface area is 107 Å². The van der Waals surface area contributed by atoms with Crippen LogP contribution in [0.5, 0.6) is 0 Å². The van der Waals surface area contributed by atoms with E-state index in [0.29, 0.717) is 6.54 Å². The summed E-state index contributed by atoms with van der Waals surface area (Å²) in [6.07, 6.45) is 5.51. The highest BCUT2D eigenvalue weighted by atomic mass is 16.3. The van der Waals surface area contributed by atoms with Crippen LogP contribution in [0.3, 0.4) is 0 Å². The number of rotatable bonds is 3. The van der Waals surface area contributed by atoms with Gasteiger partial charge in [0.05, 0.1) is 18.8 Å². The van der Waals surface area contributed by atoms with Gasteiger partial charge in [0.25, 0.3) is 0 Å². The minimum atomic E-state index is 0.0120. The molecule has 0 aliphatic carbocycles. The molecule has 4 nitrogen and oxygen atoms in total. The minimum absolute atomic E-state index is 0.0120. The minimum Gasteiger partial charge on any atom is -0.392 e. The van der Waals surface area contributed by atoms with Gasteiger partial charge in [-0.05, 0) is 17.7 Å². The zero-order valence-corrected chi connectivity index (χ0v) is 11.1. The summed E-state index contributed by atoms with van der Waals surface area (Å²) < 4.78 is 2.10. The van der Waals surface area contributed by atoms with Crippen molar-refractivity contribution in [3.8, 4) is 0 Å². The number of aliphatic hydroxyl groups is 1. The van der Waals surface area contributed by atoms with Gasteiger partial charge in [0.15, 0.2) is 0 Å². The summed E-state index contributed by atoms with van der Waals surface area (Å²) in [5.41, 5.74) is 1.83. The number of aliphatic hydroxyl groups excluding tert-OH is 1. The summed E-state index contributed by atoms with van der Waals surface area (Å²) >= 11 is 0. The van der Waals surface area contributed by atoms with E-state index in [0.717, 1.165) is 17.1 Å². The molecule has 0 unspecified atom stereocenters. The van der Waals surface area contributed by atoms with E-state index in [-0.39, 0.29) is 12.0 Å². The number of imidazole rings is 1. The third-order valence-electron chi connectivity index (χ3n) is 2.78. The zero-order valence-electron chi connectivity index (χ0n) is 11.1. The van der Waals surface area contributed by atoms with Crippen LogP contribution >= 0.6 is 0 Å². The molecule has 0 fully saturated rings. The molecule has 0 aliphatic rings. The van der Waals surface area contributed by atoms with Crippen molar-refractivity contribution < 1.29 is 5.11 Å². The van der Waals surface area contributed by atoms with Crippen LogP contribution in [-0.4, -0.2) is 19.6 Å². The SMILES string of the molecule is CC(C)(C)c1nccn1Cc1cc(CO)ccn1. The first-order chi connectivity index (χ1) is 8.50. The lowest BCUT2D eigenvalue weighted by Gasteiger charge is -2.19. The molecule has 0 spiro atoms. The van der Waals surface area contributed by atoms with Crippen LogP contribution in [-0.2, 0) is 18.6 Å². The largest absolute Gasteiger partial charge is 0.392 e. The molecule has 0 atom stereocenters. The van der Waals surface area contributed by atoms with E-state index in [4.69, 9.17) is 5.11 Å². The van der Waals surface area contributed by atoms with E-state index in [9.17, 15) is 0 Å². The molecule has 0 amide bonds. The Morgan fingerprint density at radius 3 is 2.67 bits per heavy atom. The zero-order chi connectivity index (χ0) is 13.2. The first-order valence-electron chi connectivity index (χ1n) is 6.07. The average molecular weight is 245 g/mol. The predicted octanol–water partition coefficient (Wildman–Crippen LogP) is 2.12. The van der Waals surface area contributed by atoms with Crippen LogP contribution in [0.4, 0.5) is 0 Å². The molecule has 4 heteroatoms. The number of hydrogen-bond acceptors (Lipinski definition) is 3. The van der Waals surface area contributed by atoms with Gasteiger partial charge in [-0.15, -0.1) is 0 Å². The lowest BCUT2D eigenvalue weighted by molar-refractivity contribution is 0.281. The molecule has 2 heterocycles. The van der Waals surface area contributed by atoms with Crippen molar-refractivity contribution in [1.82, 2.24) is 14.5 Å². The molecule has 96 valence electrons. The summed E-state index contributed by atoms with van der Waals surface area (Å²) in [6.45, 7) is 7.16. The molecule has 2 aromatic rings. The Morgan fingerprint density at radius 2 is 2.00 bits per heavy atom. The molecular formula is C14H19N3O. The maximum absolute atomic E-state index is 9.13. The van der Waals surface area contributed by atoms with Crippen LogP contribution in [0.25, 0.3) is 0 Å². The third kappa shape index (κ3) is 2.76. The molecule has 18 heavy (non-hydrogen) atoms. The highest BCUT2D eigenvalue weighted by Gasteiger charge is 2.19. The maximum atomic E-state index is 9.13. The molecule has 0 saturated heterocycles. The molecule has 0 aliphatic heterocycles. The number of hydrogen-bond donors (Lipinski definition) is 1. The van der Waals surface area contributed by atoms with E-state index in [1.807, 2.05) is 24.5 Å². The Morgan fingerprint density at radius 1 is 1.22 bits per heavy atom. The third-order valence-corrected chi connectivity index (χ3v) is 2.78. The fraction of sp³-hybridized carbons (Fsp3) is 0.429. The monoisotopic (exact) mass is 245 g/mol. The van der Waals surface area contributed by atoms with Gasteiger partial charge in [-0.1, -0.05) is 20.8 Å². The Bertz CT molecular complexity index is 526. The summed E-state index contributed by atoms with van der Waals surface area (Å²) in [5, 5.41) is 9.13. The van der Waals surface area contributed by atoms with E-state index in [1.54, 1.807) is 6.20 Å². The van der Waals surface area contributed by atoms with Gasteiger partial charge in [-0.25, -0.2) is 4.98 Å². The second kappa shape index (κ2) is 4.90. The molecule has 2 aromatic heterocycles. The second-order valence-corrected chi connectivity index (χ2v) is 5.44. The van der Waals surface area contributed by atoms with Crippen molar-refractivity contribution in [2.24, 2.45) is 0 Å². The fourth-order valence-corrected chi connectivity index (χ4v) is 1.97. The summed E-state index contributed by atoms with van der Waals surface area (Å²) in [5.74, 6) is 1.04. The Balaban J connectivity index is 2.26. The Hall–Kier alpha value is -1.68. The van der Waals surface area contributed by atoms with Gasteiger partial charge >= 0.3 is 0 Å². The van der Waals surface area contributed by atoms with E-state index in [2.05, 4.69) is 35.3 Å². The number of aromatic nitrogens is 3. The van der Waals surface area contributed by atoms with Crippen LogP contribution in [0, 0.1) is 0 Å². The Kier molecular flexibility index (Phi) is 3.48. The van der Waals surface area contributed by atoms with Crippen molar-refractivity contribution >= 4 is 0 Å². The topological polar surface area (TPSA) is 50.9 Å². The first kappa shape index (κ1) is 12.8. The fourth-order valence-electron chi connectivity index (χ4n) is 1.97. The number of nitrogens with zero attached hydrogens (tertiary/aromatic N) is 3. The van der Waals surface area contributed by atoms with Crippen molar-refractivity contribution in [3.05, 3.63) is 47.8 Å². The lowest BCUT2D eigenvalue weighted by Crippen LogP contribution is -2.19. The molecule has 0 bridgehead atoms. The lowest BCUT2D eigenvalue weighted by atomic mass is 9.95. The molecule has 0 radical (unpaired) electrons. The first-order valence-corrected chi connectivity index (χ1v) is 6.07. The van der Waals surface area contributed by atoms with Gasteiger partial charge < -0.3 is 9.67 Å². The van der Waals surface area contributed by atoms with Crippen LogP contribution < -0.4 is 0 Å². The van der Waals surface area contributed by atoms with Gasteiger partial charge in [-0.3, -0.25) is 4.98 Å². The molecule has 0 aromatic carbocycles. The van der Waals surface area contributed by atoms with Gasteiger partial charge in [0.1, 0.15) is 5.82 Å². The standard InChI is InChI=1S/C14H19N3O/c1-14(2,3)13-16-6-7-17(13)9-12-8-11(10-18)4-5-15-12/h4-8,18H,9-10H2,1-3H3. The number of pyridine rings is 1. The smallest absolute Gasteiger partial charge is 0.114 e. The normalized spacial score (nSPS) is 11.8.